The molecule has 3 heterocycles. The molecule has 0 spiro atoms. The topological polar surface area (TPSA) is 73.9 Å². The number of hydrogen-bond donors (Lipinski definition) is 1. The van der Waals surface area contributed by atoms with Crippen LogP contribution in [0.4, 0.5) is 5.95 Å². The third-order valence-electron chi connectivity index (χ3n) is 4.96. The number of nitrogens with one attached hydrogen (secondary N) is 1. The standard InChI is InChI=1S/C17H26N8/c1-5-24(13-6-7-13)17-20-15(23(4)22-17)9-8-14-19-16-12(3)18-10-11(2)25(16)21-14/h10,13-14,21H,5-9H2,1-4H3. The van der Waals surface area contributed by atoms with Gasteiger partial charge in [0.15, 0.2) is 5.84 Å². The number of aryl methyl sites for hydroxylation is 2. The van der Waals surface area contributed by atoms with Gasteiger partial charge in [0.1, 0.15) is 12.0 Å². The van der Waals surface area contributed by atoms with E-state index in [1.165, 1.54) is 12.8 Å². The van der Waals surface area contributed by atoms with E-state index in [0.29, 0.717) is 6.04 Å². The molecule has 0 aromatic carbocycles. The molecular formula is C17H26N8. The first-order chi connectivity index (χ1) is 12.1. The van der Waals surface area contributed by atoms with Crippen LogP contribution in [0.15, 0.2) is 21.9 Å². The molecule has 0 bridgehead atoms. The Balaban J connectivity index is 1.42. The number of nitrogens with zero attached hydrogens (tertiary/aromatic N) is 7. The molecule has 1 aromatic heterocycles. The Labute approximate surface area is 148 Å². The van der Waals surface area contributed by atoms with Crippen LogP contribution in [-0.2, 0) is 13.5 Å². The van der Waals surface area contributed by atoms with Crippen molar-refractivity contribution in [3.63, 3.8) is 0 Å². The highest BCUT2D eigenvalue weighted by Crippen LogP contribution is 2.29. The van der Waals surface area contributed by atoms with Gasteiger partial charge in [-0.15, -0.1) is 5.10 Å². The zero-order valence-electron chi connectivity index (χ0n) is 15.4. The van der Waals surface area contributed by atoms with Crippen LogP contribution in [0.25, 0.3) is 0 Å². The summed E-state index contributed by atoms with van der Waals surface area (Å²) in [5, 5.41) is 6.65. The van der Waals surface area contributed by atoms with Crippen molar-refractivity contribution in [1.82, 2.24) is 25.2 Å². The maximum atomic E-state index is 4.78. The van der Waals surface area contributed by atoms with E-state index in [2.05, 4.69) is 27.3 Å². The van der Waals surface area contributed by atoms with Crippen molar-refractivity contribution in [3.8, 4) is 0 Å². The van der Waals surface area contributed by atoms with Gasteiger partial charge in [0.25, 0.3) is 0 Å². The lowest BCUT2D eigenvalue weighted by molar-refractivity contribution is 0.343. The molecule has 8 heteroatoms. The monoisotopic (exact) mass is 342 g/mol. The molecule has 1 N–H and O–H groups in total. The van der Waals surface area contributed by atoms with Crippen LogP contribution >= 0.6 is 0 Å². The van der Waals surface area contributed by atoms with Crippen molar-refractivity contribution < 1.29 is 0 Å². The van der Waals surface area contributed by atoms with Crippen LogP contribution in [0.5, 0.6) is 0 Å². The molecule has 4 rings (SSSR count). The van der Waals surface area contributed by atoms with Crippen LogP contribution in [0.2, 0.25) is 0 Å². The Morgan fingerprint density at radius 2 is 2.12 bits per heavy atom. The number of fused-ring (bicyclic) bond motifs is 1. The minimum absolute atomic E-state index is 0.0486. The van der Waals surface area contributed by atoms with Gasteiger partial charge < -0.3 is 4.90 Å². The second-order valence-corrected chi connectivity index (χ2v) is 6.93. The molecule has 1 aromatic rings. The van der Waals surface area contributed by atoms with Crippen LogP contribution in [0.3, 0.4) is 0 Å². The van der Waals surface area contributed by atoms with E-state index in [1.807, 2.05) is 36.8 Å². The van der Waals surface area contributed by atoms with Crippen LogP contribution in [0, 0.1) is 0 Å². The summed E-state index contributed by atoms with van der Waals surface area (Å²) in [7, 11) is 1.98. The van der Waals surface area contributed by atoms with Gasteiger partial charge in [-0.3, -0.25) is 14.7 Å². The number of amidine groups is 1. The summed E-state index contributed by atoms with van der Waals surface area (Å²) in [4.78, 5) is 16.2. The molecule has 8 nitrogen and oxygen atoms in total. The summed E-state index contributed by atoms with van der Waals surface area (Å²) in [5.74, 6) is 2.81. The minimum Gasteiger partial charge on any atom is -0.337 e. The number of hydrazine groups is 1. The number of aliphatic imine (C=N–C) groups is 2. The summed E-state index contributed by atoms with van der Waals surface area (Å²) in [6, 6.07) is 0.635. The molecular weight excluding hydrogens is 316 g/mol. The summed E-state index contributed by atoms with van der Waals surface area (Å²) in [6.07, 6.45) is 6.15. The summed E-state index contributed by atoms with van der Waals surface area (Å²) >= 11 is 0. The third kappa shape index (κ3) is 3.06. The molecule has 1 saturated carbocycles. The van der Waals surface area contributed by atoms with Gasteiger partial charge in [-0.1, -0.05) is 0 Å². The largest absolute Gasteiger partial charge is 0.337 e. The minimum atomic E-state index is 0.0486. The average molecular weight is 342 g/mol. The maximum Gasteiger partial charge on any atom is 0.245 e. The van der Waals surface area contributed by atoms with Crippen molar-refractivity contribution >= 4 is 17.5 Å². The first kappa shape index (κ1) is 16.3. The molecule has 0 radical (unpaired) electrons. The van der Waals surface area contributed by atoms with Gasteiger partial charge in [0, 0.05) is 32.3 Å². The Kier molecular flexibility index (Phi) is 4.07. The first-order valence-electron chi connectivity index (χ1n) is 9.09. The molecule has 0 amide bonds. The predicted molar refractivity (Wildman–Crippen MR) is 98.4 cm³/mol. The molecule has 1 fully saturated rings. The van der Waals surface area contributed by atoms with Gasteiger partial charge >= 0.3 is 0 Å². The van der Waals surface area contributed by atoms with Gasteiger partial charge in [0.2, 0.25) is 5.95 Å². The average Bonchev–Trinajstić information content (AvgIpc) is 3.21. The molecule has 1 atom stereocenters. The highest BCUT2D eigenvalue weighted by atomic mass is 15.6. The lowest BCUT2D eigenvalue weighted by Crippen LogP contribution is -2.42. The van der Waals surface area contributed by atoms with E-state index in [-0.39, 0.29) is 6.17 Å². The smallest absolute Gasteiger partial charge is 0.245 e. The van der Waals surface area contributed by atoms with E-state index in [4.69, 9.17) is 9.98 Å². The normalized spacial score (nSPS) is 22.5. The highest BCUT2D eigenvalue weighted by Gasteiger charge is 2.31. The maximum absolute atomic E-state index is 4.78. The van der Waals surface area contributed by atoms with Crippen LogP contribution < -0.4 is 10.3 Å². The first-order valence-corrected chi connectivity index (χ1v) is 9.09. The lowest BCUT2D eigenvalue weighted by Gasteiger charge is -2.24. The Bertz CT molecular complexity index is 755. The van der Waals surface area contributed by atoms with Gasteiger partial charge in [-0.05, 0) is 40.0 Å². The third-order valence-corrected chi connectivity index (χ3v) is 4.96. The van der Waals surface area contributed by atoms with Crippen molar-refractivity contribution in [3.05, 3.63) is 17.7 Å². The second kappa shape index (κ2) is 6.25. The summed E-state index contributed by atoms with van der Waals surface area (Å²) in [6.45, 7) is 7.16. The molecule has 1 aliphatic carbocycles. The number of allylic oxidation sites excluding steroid dienone is 1. The fraction of sp³-hybridized carbons (Fsp3) is 0.647. The van der Waals surface area contributed by atoms with E-state index >= 15 is 0 Å². The van der Waals surface area contributed by atoms with Gasteiger partial charge in [0.05, 0.1) is 11.4 Å². The van der Waals surface area contributed by atoms with Gasteiger partial charge in [-0.2, -0.15) is 4.98 Å². The fourth-order valence-corrected chi connectivity index (χ4v) is 3.36. The quantitative estimate of drug-likeness (QED) is 0.850. The molecule has 0 saturated heterocycles. The zero-order chi connectivity index (χ0) is 17.6. The molecule has 3 aliphatic rings. The van der Waals surface area contributed by atoms with E-state index in [9.17, 15) is 0 Å². The lowest BCUT2D eigenvalue weighted by atomic mass is 10.2. The summed E-state index contributed by atoms with van der Waals surface area (Å²) in [5.41, 5.74) is 5.46. The fourth-order valence-electron chi connectivity index (χ4n) is 3.36. The zero-order valence-corrected chi connectivity index (χ0v) is 15.4. The van der Waals surface area contributed by atoms with E-state index in [0.717, 1.165) is 48.4 Å². The molecule has 134 valence electrons. The van der Waals surface area contributed by atoms with Crippen molar-refractivity contribution in [2.45, 2.75) is 58.7 Å². The van der Waals surface area contributed by atoms with Crippen molar-refractivity contribution in [2.75, 3.05) is 11.4 Å². The van der Waals surface area contributed by atoms with Crippen LogP contribution in [0.1, 0.15) is 45.9 Å². The predicted octanol–water partition coefficient (Wildman–Crippen LogP) is 1.62. The molecule has 1 unspecified atom stereocenters. The number of hydrogen-bond acceptors (Lipinski definition) is 7. The Morgan fingerprint density at radius 3 is 2.80 bits per heavy atom. The number of aromatic nitrogens is 3. The van der Waals surface area contributed by atoms with E-state index < -0.39 is 0 Å². The summed E-state index contributed by atoms with van der Waals surface area (Å²) < 4.78 is 1.91. The van der Waals surface area contributed by atoms with Crippen LogP contribution in [-0.4, -0.2) is 50.1 Å². The highest BCUT2D eigenvalue weighted by molar-refractivity contribution is 6.41. The van der Waals surface area contributed by atoms with E-state index in [1.54, 1.807) is 0 Å². The van der Waals surface area contributed by atoms with Gasteiger partial charge in [-0.25, -0.2) is 10.4 Å². The Morgan fingerprint density at radius 1 is 1.32 bits per heavy atom. The number of rotatable bonds is 6. The Hall–Kier alpha value is -2.22. The van der Waals surface area contributed by atoms with Crippen molar-refractivity contribution in [2.24, 2.45) is 17.0 Å². The van der Waals surface area contributed by atoms with Crippen molar-refractivity contribution in [1.29, 1.82) is 0 Å². The molecule has 25 heavy (non-hydrogen) atoms. The number of anilines is 1. The second-order valence-electron chi connectivity index (χ2n) is 6.93. The SMILES string of the molecule is CCN(c1nc(CCC2N=C3C(C)=NC=C(C)N3N2)n(C)n1)C1CC1. The molecule has 2 aliphatic heterocycles.